The molecule has 14 heteroatoms. The van der Waals surface area contributed by atoms with Crippen molar-refractivity contribution >= 4 is 131 Å². The van der Waals surface area contributed by atoms with Crippen LogP contribution in [0.5, 0.6) is 0 Å². The fourth-order valence-electron chi connectivity index (χ4n) is 19.4. The molecule has 0 amide bonds. The third-order valence-corrected chi connectivity index (χ3v) is 25.6. The molecule has 0 bridgehead atoms. The second-order valence-corrected chi connectivity index (χ2v) is 33.3. The second kappa shape index (κ2) is 30.9. The smallest absolute Gasteiger partial charge is 0.164 e. The van der Waals surface area contributed by atoms with Crippen LogP contribution in [0.2, 0.25) is 0 Å². The fourth-order valence-corrected chi connectivity index (χ4v) is 19.4. The Hall–Kier alpha value is -18.1. The third-order valence-electron chi connectivity index (χ3n) is 25.6. The number of benzene rings is 16. The molecule has 11 aromatic heterocycles. The Bertz CT molecular complexity index is 9180. The van der Waals surface area contributed by atoms with Gasteiger partial charge in [-0.3, -0.25) is 14.5 Å². The number of hydrogen-bond donors (Lipinski definition) is 0. The molecule has 0 unspecified atom stereocenters. The Labute approximate surface area is 754 Å². The molecular weight excluding hydrogens is 1620 g/mol. The lowest BCUT2D eigenvalue weighted by Gasteiger charge is -2.12. The molecule has 0 radical (unpaired) electrons. The molecule has 0 saturated carbocycles. The van der Waals surface area contributed by atoms with E-state index in [4.69, 9.17) is 38.7 Å². The predicted octanol–water partition coefficient (Wildman–Crippen LogP) is 29.7. The lowest BCUT2D eigenvalue weighted by Crippen LogP contribution is -2.01. The average Bonchev–Trinajstić information content (AvgIpc) is 1.59. The molecule has 0 aliphatic heterocycles. The normalized spacial score (nSPS) is 11.8. The van der Waals surface area contributed by atoms with Crippen LogP contribution in [0.15, 0.2) is 446 Å². The van der Waals surface area contributed by atoms with E-state index in [1.807, 2.05) is 140 Å². The van der Waals surface area contributed by atoms with Gasteiger partial charge in [0.25, 0.3) is 0 Å². The highest BCUT2D eigenvalue weighted by atomic mass is 16.3. The maximum Gasteiger partial charge on any atom is 0.164 e. The van der Waals surface area contributed by atoms with Crippen LogP contribution < -0.4 is 0 Å². The number of nitrogens with zero attached hydrogens (tertiary/aromatic N) is 12. The monoisotopic (exact) mass is 1690 g/mol. The molecule has 0 atom stereocenters. The minimum atomic E-state index is 0.619. The van der Waals surface area contributed by atoms with E-state index in [1.54, 1.807) is 6.20 Å². The third kappa shape index (κ3) is 12.8. The van der Waals surface area contributed by atoms with Crippen molar-refractivity contribution in [3.8, 4) is 124 Å². The summed E-state index contributed by atoms with van der Waals surface area (Å²) in [6, 6.07) is 149. The Morgan fingerprint density at radius 2 is 0.530 bits per heavy atom. The number of para-hydroxylation sites is 4. The molecular formula is C118H72N12O2. The summed E-state index contributed by atoms with van der Waals surface area (Å²) in [5, 5.41) is 10.5. The average molecular weight is 1690 g/mol. The van der Waals surface area contributed by atoms with Crippen molar-refractivity contribution in [3.05, 3.63) is 437 Å². The van der Waals surface area contributed by atoms with Crippen molar-refractivity contribution in [1.29, 1.82) is 0 Å². The van der Waals surface area contributed by atoms with E-state index < -0.39 is 0 Å². The first-order chi connectivity index (χ1) is 65.4. The summed E-state index contributed by atoms with van der Waals surface area (Å²) in [5.74, 6) is 3.40. The first-order valence-corrected chi connectivity index (χ1v) is 44.2. The highest BCUT2D eigenvalue weighted by Gasteiger charge is 2.24. The summed E-state index contributed by atoms with van der Waals surface area (Å²) in [7, 11) is 0. The highest BCUT2D eigenvalue weighted by molar-refractivity contribution is 6.16. The summed E-state index contributed by atoms with van der Waals surface area (Å²) in [6.45, 7) is 0. The van der Waals surface area contributed by atoms with Gasteiger partial charge in [0.05, 0.1) is 55.5 Å². The van der Waals surface area contributed by atoms with Crippen LogP contribution in [0, 0.1) is 0 Å². The largest absolute Gasteiger partial charge is 0.454 e. The quantitative estimate of drug-likeness (QED) is 0.109. The first-order valence-electron chi connectivity index (χ1n) is 44.2. The van der Waals surface area contributed by atoms with E-state index in [-0.39, 0.29) is 0 Å². The van der Waals surface area contributed by atoms with Crippen molar-refractivity contribution < 1.29 is 8.83 Å². The van der Waals surface area contributed by atoms with Crippen molar-refractivity contribution in [2.45, 2.75) is 0 Å². The van der Waals surface area contributed by atoms with E-state index >= 15 is 0 Å². The Morgan fingerprint density at radius 3 is 1.09 bits per heavy atom. The number of fused-ring (bicyclic) bond motifs is 18. The number of hydrogen-bond acceptors (Lipinski definition) is 10. The Kier molecular flexibility index (Phi) is 17.6. The summed E-state index contributed by atoms with van der Waals surface area (Å²) in [4.78, 5) is 39.6. The zero-order valence-corrected chi connectivity index (χ0v) is 70.8. The minimum absolute atomic E-state index is 0.619. The molecule has 27 aromatic rings. The van der Waals surface area contributed by atoms with Gasteiger partial charge in [-0.15, -0.1) is 0 Å². The Balaban J connectivity index is 0.000000139. The van der Waals surface area contributed by atoms with Gasteiger partial charge >= 0.3 is 0 Å². The molecule has 0 fully saturated rings. The van der Waals surface area contributed by atoms with Gasteiger partial charge in [-0.25, -0.2) is 29.9 Å². The number of pyridine rings is 3. The molecule has 16 aromatic carbocycles. The van der Waals surface area contributed by atoms with Gasteiger partial charge in [0.1, 0.15) is 28.0 Å². The number of rotatable bonds is 13. The second-order valence-electron chi connectivity index (χ2n) is 33.3. The van der Waals surface area contributed by atoms with Crippen LogP contribution in [0.1, 0.15) is 0 Å². The lowest BCUT2D eigenvalue weighted by atomic mass is 9.97. The van der Waals surface area contributed by atoms with E-state index in [0.29, 0.717) is 23.3 Å². The van der Waals surface area contributed by atoms with E-state index in [2.05, 4.69) is 319 Å². The first kappa shape index (κ1) is 75.2. The van der Waals surface area contributed by atoms with Crippen LogP contribution in [0.25, 0.3) is 256 Å². The van der Waals surface area contributed by atoms with Gasteiger partial charge < -0.3 is 22.5 Å². The van der Waals surface area contributed by atoms with Gasteiger partial charge in [-0.05, 0) is 203 Å². The van der Waals surface area contributed by atoms with Crippen molar-refractivity contribution in [2.75, 3.05) is 0 Å². The van der Waals surface area contributed by atoms with Crippen LogP contribution in [0.3, 0.4) is 0 Å². The Morgan fingerprint density at radius 1 is 0.167 bits per heavy atom. The van der Waals surface area contributed by atoms with Crippen LogP contribution in [-0.2, 0) is 0 Å². The van der Waals surface area contributed by atoms with Crippen molar-refractivity contribution in [2.24, 2.45) is 0 Å². The van der Waals surface area contributed by atoms with Gasteiger partial charge in [0, 0.05) is 111 Å². The molecule has 0 aliphatic carbocycles. The zero-order valence-electron chi connectivity index (χ0n) is 70.8. The van der Waals surface area contributed by atoms with Crippen LogP contribution in [0.4, 0.5) is 0 Å². The van der Waals surface area contributed by atoms with Crippen molar-refractivity contribution in [1.82, 2.24) is 58.1 Å². The summed E-state index contributed by atoms with van der Waals surface area (Å²) < 4.78 is 21.5. The lowest BCUT2D eigenvalue weighted by molar-refractivity contribution is 0.667. The predicted molar refractivity (Wildman–Crippen MR) is 536 cm³/mol. The molecule has 0 N–H and O–H groups in total. The van der Waals surface area contributed by atoms with Crippen molar-refractivity contribution in [3.63, 3.8) is 0 Å². The molecule has 0 spiro atoms. The SMILES string of the molecule is c1ccc(-c2cc(-c3ccccc3)nc(-c3ccc(-n4c5ccccc5c5ccc(-c6ccc7c(c6)c6ccccc6n7-c6ccc7oc8cccnc8c7c6)cc54)cc3)n2)cc1.c1ccc(-c2nc(-c3ccccc3)nc(-c3cccc(-n4c5ccccc5c5cc(-c6cccc(-c7ccc8c(c7)c7ccccc7n8-c7ccc8oc9cccnc9c8n7)c6)ccc54)c3)n2)cc1. The molecule has 616 valence electrons. The van der Waals surface area contributed by atoms with E-state index in [0.717, 1.165) is 200 Å². The summed E-state index contributed by atoms with van der Waals surface area (Å²) >= 11 is 0. The maximum atomic E-state index is 6.13. The van der Waals surface area contributed by atoms with Gasteiger partial charge in [0.15, 0.2) is 40.0 Å². The van der Waals surface area contributed by atoms with Gasteiger partial charge in [-0.2, -0.15) is 0 Å². The van der Waals surface area contributed by atoms with Crippen LogP contribution >= 0.6 is 0 Å². The van der Waals surface area contributed by atoms with Crippen LogP contribution in [-0.4, -0.2) is 58.1 Å². The standard InChI is InChI=1S/C61H37N7O.C57H35N5O/c1-3-14-38(15-4-1)59-64-60(39-16-5-2-6-17-39)66-61(65-59)44-20-12-21-45(35-44)67-50-24-9-7-22-46(50)48-36-42(27-29-52(48)67)40-18-11-19-41(34-40)43-28-30-53-49(37-43)47-23-8-10-25-51(47)68(53)56-32-31-55-58(63-56)57-54(69-55)26-13-33-62-57;1-3-12-36(13-4-1)48-35-49(37-14-5-2-6-15-37)60-57(59-48)38-21-25-41(26-22-38)61-50-18-9-7-16-43(50)45-28-23-40(33-53(45)61)39-24-29-52-46(32-39)44-17-8-10-19-51(44)62(52)42-27-30-54-47(34-42)56-55(63-54)20-11-31-58-56/h1-37H;1-35H. The highest BCUT2D eigenvalue weighted by Crippen LogP contribution is 2.44. The number of aromatic nitrogens is 12. The number of furan rings is 2. The summed E-state index contributed by atoms with van der Waals surface area (Å²) in [6.07, 6.45) is 3.60. The maximum absolute atomic E-state index is 6.13. The summed E-state index contributed by atoms with van der Waals surface area (Å²) in [5.41, 5.74) is 32.2. The van der Waals surface area contributed by atoms with E-state index in [9.17, 15) is 0 Å². The molecule has 11 heterocycles. The topological polar surface area (TPSA) is 149 Å². The molecule has 14 nitrogen and oxygen atoms in total. The molecule has 27 rings (SSSR count). The molecule has 132 heavy (non-hydrogen) atoms. The fraction of sp³-hybridized carbons (Fsp3) is 0. The molecule has 0 aliphatic rings. The van der Waals surface area contributed by atoms with Gasteiger partial charge in [0.2, 0.25) is 0 Å². The van der Waals surface area contributed by atoms with Gasteiger partial charge in [-0.1, -0.05) is 255 Å². The minimum Gasteiger partial charge on any atom is -0.454 e. The molecule has 0 saturated heterocycles. The zero-order chi connectivity index (χ0) is 86.9. The van der Waals surface area contributed by atoms with E-state index in [1.165, 1.54) is 32.3 Å².